The van der Waals surface area contributed by atoms with Gasteiger partial charge in [-0.15, -0.1) is 0 Å². The summed E-state index contributed by atoms with van der Waals surface area (Å²) in [6.45, 7) is 1.68. The van der Waals surface area contributed by atoms with Crippen molar-refractivity contribution in [3.63, 3.8) is 0 Å². The molecule has 0 aliphatic heterocycles. The zero-order valence-corrected chi connectivity index (χ0v) is 12.1. The third-order valence-corrected chi connectivity index (χ3v) is 4.65. The highest BCUT2D eigenvalue weighted by atomic mass is 35.5. The van der Waals surface area contributed by atoms with Crippen LogP contribution in [0.2, 0.25) is 5.02 Å². The van der Waals surface area contributed by atoms with Gasteiger partial charge in [0.2, 0.25) is 0 Å². The van der Waals surface area contributed by atoms with E-state index in [1.54, 1.807) is 25.1 Å². The van der Waals surface area contributed by atoms with Crippen molar-refractivity contribution in [2.24, 2.45) is 0 Å². The number of rotatable bonds is 3. The van der Waals surface area contributed by atoms with Crippen LogP contribution in [0.4, 0.5) is 15.8 Å². The molecule has 0 aliphatic rings. The lowest BCUT2D eigenvalue weighted by atomic mass is 10.2. The lowest BCUT2D eigenvalue weighted by Crippen LogP contribution is -2.15. The van der Waals surface area contributed by atoms with Gasteiger partial charge in [-0.3, -0.25) is 4.72 Å². The van der Waals surface area contributed by atoms with Gasteiger partial charge in [-0.2, -0.15) is 0 Å². The Morgan fingerprint density at radius 3 is 2.65 bits per heavy atom. The molecule has 0 unspecified atom stereocenters. The molecule has 4 nitrogen and oxygen atoms in total. The molecule has 2 rings (SSSR count). The molecule has 0 saturated heterocycles. The summed E-state index contributed by atoms with van der Waals surface area (Å²) in [5.41, 5.74) is 7.08. The van der Waals surface area contributed by atoms with Gasteiger partial charge in [-0.1, -0.05) is 17.7 Å². The summed E-state index contributed by atoms with van der Waals surface area (Å²) < 4.78 is 40.0. The molecule has 0 radical (unpaired) electrons. The van der Waals surface area contributed by atoms with E-state index >= 15 is 0 Å². The molecule has 20 heavy (non-hydrogen) atoms. The second-order valence-electron chi connectivity index (χ2n) is 4.20. The maximum Gasteiger partial charge on any atom is 0.263 e. The minimum atomic E-state index is -3.98. The van der Waals surface area contributed by atoms with E-state index in [-0.39, 0.29) is 9.92 Å². The second-order valence-corrected chi connectivity index (χ2v) is 6.26. The maximum absolute atomic E-state index is 13.2. The third-order valence-electron chi connectivity index (χ3n) is 2.80. The average molecular weight is 315 g/mol. The molecule has 3 N–H and O–H groups in total. The van der Waals surface area contributed by atoms with Crippen molar-refractivity contribution in [2.75, 3.05) is 10.5 Å². The van der Waals surface area contributed by atoms with Crippen molar-refractivity contribution in [1.82, 2.24) is 0 Å². The molecule has 0 aromatic heterocycles. The van der Waals surface area contributed by atoms with Crippen LogP contribution in [0.1, 0.15) is 5.56 Å². The van der Waals surface area contributed by atoms with Gasteiger partial charge >= 0.3 is 0 Å². The van der Waals surface area contributed by atoms with Crippen molar-refractivity contribution in [3.8, 4) is 0 Å². The van der Waals surface area contributed by atoms with Crippen LogP contribution < -0.4 is 10.5 Å². The molecule has 0 bridgehead atoms. The van der Waals surface area contributed by atoms with Gasteiger partial charge in [0.25, 0.3) is 10.0 Å². The highest BCUT2D eigenvalue weighted by molar-refractivity contribution is 7.92. The first-order valence-corrected chi connectivity index (χ1v) is 7.50. The van der Waals surface area contributed by atoms with Crippen molar-refractivity contribution in [3.05, 3.63) is 52.8 Å². The molecule has 2 aromatic carbocycles. The Morgan fingerprint density at radius 2 is 1.95 bits per heavy atom. The smallest absolute Gasteiger partial charge is 0.263 e. The summed E-state index contributed by atoms with van der Waals surface area (Å²) in [7, 11) is -3.98. The molecule has 0 spiro atoms. The van der Waals surface area contributed by atoms with E-state index in [4.69, 9.17) is 17.3 Å². The Hall–Kier alpha value is -1.79. The van der Waals surface area contributed by atoms with E-state index in [0.717, 1.165) is 12.1 Å². The first-order valence-electron chi connectivity index (χ1n) is 5.64. The largest absolute Gasteiger partial charge is 0.398 e. The molecular formula is C13H12ClFN2O2S. The van der Waals surface area contributed by atoms with Gasteiger partial charge in [-0.25, -0.2) is 12.8 Å². The molecule has 2 aromatic rings. The zero-order chi connectivity index (χ0) is 14.9. The van der Waals surface area contributed by atoms with Gasteiger partial charge in [0.05, 0.1) is 10.7 Å². The van der Waals surface area contributed by atoms with E-state index in [9.17, 15) is 12.8 Å². The van der Waals surface area contributed by atoms with Crippen molar-refractivity contribution < 1.29 is 12.8 Å². The Balaban J connectivity index is 2.46. The number of nitrogens with two attached hydrogens (primary N) is 1. The van der Waals surface area contributed by atoms with Gasteiger partial charge in [0.1, 0.15) is 10.7 Å². The highest BCUT2D eigenvalue weighted by Crippen LogP contribution is 2.27. The molecule has 0 amide bonds. The van der Waals surface area contributed by atoms with E-state index in [0.29, 0.717) is 16.9 Å². The maximum atomic E-state index is 13.2. The summed E-state index contributed by atoms with van der Waals surface area (Å²) in [5.74, 6) is -0.681. The molecular weight excluding hydrogens is 303 g/mol. The fourth-order valence-corrected chi connectivity index (χ4v) is 3.28. The fourth-order valence-electron chi connectivity index (χ4n) is 1.65. The number of sulfonamides is 1. The van der Waals surface area contributed by atoms with Crippen LogP contribution >= 0.6 is 11.6 Å². The van der Waals surface area contributed by atoms with Gasteiger partial charge in [0, 0.05) is 5.69 Å². The molecule has 0 atom stereocenters. The van der Waals surface area contributed by atoms with Crippen molar-refractivity contribution in [1.29, 1.82) is 0 Å². The summed E-state index contributed by atoms with van der Waals surface area (Å²) in [5, 5.41) is -0.0551. The number of benzene rings is 2. The molecule has 0 heterocycles. The Bertz CT molecular complexity index is 763. The minimum Gasteiger partial charge on any atom is -0.398 e. The number of nitrogen functional groups attached to an aromatic ring is 1. The van der Waals surface area contributed by atoms with Gasteiger partial charge < -0.3 is 5.73 Å². The molecule has 0 aliphatic carbocycles. The predicted molar refractivity (Wildman–Crippen MR) is 77.8 cm³/mol. The number of hydrogen-bond donors (Lipinski definition) is 2. The number of anilines is 2. The van der Waals surface area contributed by atoms with Gasteiger partial charge in [0.15, 0.2) is 0 Å². The normalized spacial score (nSPS) is 11.3. The third kappa shape index (κ3) is 2.86. The van der Waals surface area contributed by atoms with E-state index in [1.807, 2.05) is 0 Å². The van der Waals surface area contributed by atoms with Crippen LogP contribution in [-0.2, 0) is 10.0 Å². The highest BCUT2D eigenvalue weighted by Gasteiger charge is 2.20. The lowest BCUT2D eigenvalue weighted by molar-refractivity contribution is 0.595. The second kappa shape index (κ2) is 5.30. The standard InChI is InChI=1S/C13H12ClFN2O2S/c1-8-11(16)3-2-4-12(8)17-20(18,19)13-7-9(15)5-6-10(13)14/h2-7,17H,16H2,1H3. The van der Waals surface area contributed by atoms with Crippen LogP contribution in [0.5, 0.6) is 0 Å². The summed E-state index contributed by atoms with van der Waals surface area (Å²) in [6, 6.07) is 7.99. The molecule has 106 valence electrons. The fraction of sp³-hybridized carbons (Fsp3) is 0.0769. The average Bonchev–Trinajstić information content (AvgIpc) is 2.37. The van der Waals surface area contributed by atoms with Crippen molar-refractivity contribution in [2.45, 2.75) is 11.8 Å². The van der Waals surface area contributed by atoms with Crippen LogP contribution in [-0.4, -0.2) is 8.42 Å². The van der Waals surface area contributed by atoms with Gasteiger partial charge in [-0.05, 0) is 42.8 Å². The summed E-state index contributed by atoms with van der Waals surface area (Å²) >= 11 is 5.81. The minimum absolute atomic E-state index is 0.0551. The van der Waals surface area contributed by atoms with Crippen LogP contribution in [0.25, 0.3) is 0 Å². The predicted octanol–water partition coefficient (Wildman–Crippen LogP) is 3.17. The van der Waals surface area contributed by atoms with Crippen LogP contribution in [0.15, 0.2) is 41.3 Å². The topological polar surface area (TPSA) is 72.2 Å². The molecule has 0 saturated carbocycles. The Labute approximate surface area is 121 Å². The van der Waals surface area contributed by atoms with E-state index in [1.165, 1.54) is 6.07 Å². The lowest BCUT2D eigenvalue weighted by Gasteiger charge is -2.12. The van der Waals surface area contributed by atoms with E-state index in [2.05, 4.69) is 4.72 Å². The summed E-state index contributed by atoms with van der Waals surface area (Å²) in [6.07, 6.45) is 0. The number of nitrogens with one attached hydrogen (secondary N) is 1. The van der Waals surface area contributed by atoms with E-state index < -0.39 is 15.8 Å². The quantitative estimate of drug-likeness (QED) is 0.855. The van der Waals surface area contributed by atoms with Crippen molar-refractivity contribution >= 4 is 33.0 Å². The number of hydrogen-bond acceptors (Lipinski definition) is 3. The molecule has 7 heteroatoms. The summed E-state index contributed by atoms with van der Waals surface area (Å²) in [4.78, 5) is -0.319. The first-order chi connectivity index (χ1) is 9.31. The first kappa shape index (κ1) is 14.6. The SMILES string of the molecule is Cc1c(N)cccc1NS(=O)(=O)c1cc(F)ccc1Cl. The van der Waals surface area contributed by atoms with Crippen LogP contribution in [0, 0.1) is 12.7 Å². The van der Waals surface area contributed by atoms with Crippen LogP contribution in [0.3, 0.4) is 0 Å². The monoisotopic (exact) mass is 314 g/mol. The molecule has 0 fully saturated rings. The Kier molecular flexibility index (Phi) is 3.87. The number of halogens is 2. The Morgan fingerprint density at radius 1 is 1.25 bits per heavy atom. The zero-order valence-electron chi connectivity index (χ0n) is 10.5.